The standard InChI is InChI=1S/C15H24BNO2S/c1-9(2)11-12(17-13(20-11)10-7-8-10)16-18-14(3,4)15(5,6)19-16/h9-10H,7-8H2,1-6H3. The second-order valence-corrected chi connectivity index (χ2v) is 8.38. The maximum Gasteiger partial charge on any atom is 0.515 e. The van der Waals surface area contributed by atoms with Crippen molar-refractivity contribution in [3.63, 3.8) is 0 Å². The van der Waals surface area contributed by atoms with Crippen LogP contribution in [0.5, 0.6) is 0 Å². The summed E-state index contributed by atoms with van der Waals surface area (Å²) in [7, 11) is -0.318. The quantitative estimate of drug-likeness (QED) is 0.800. The minimum atomic E-state index is -0.318. The summed E-state index contributed by atoms with van der Waals surface area (Å²) in [5.74, 6) is 1.16. The van der Waals surface area contributed by atoms with E-state index in [4.69, 9.17) is 14.3 Å². The minimum absolute atomic E-state index is 0.296. The molecule has 1 saturated heterocycles. The Labute approximate surface area is 126 Å². The van der Waals surface area contributed by atoms with Crippen LogP contribution in [0, 0.1) is 0 Å². The summed E-state index contributed by atoms with van der Waals surface area (Å²) in [6.07, 6.45) is 2.57. The zero-order valence-electron chi connectivity index (χ0n) is 13.3. The fourth-order valence-corrected chi connectivity index (χ4v) is 3.66. The third-order valence-corrected chi connectivity index (χ3v) is 6.16. The molecule has 0 atom stereocenters. The number of hydrogen-bond donors (Lipinski definition) is 0. The highest BCUT2D eigenvalue weighted by molar-refractivity contribution is 7.13. The summed E-state index contributed by atoms with van der Waals surface area (Å²) in [5, 5.41) is 1.28. The Kier molecular flexibility index (Phi) is 3.31. The lowest BCUT2D eigenvalue weighted by Crippen LogP contribution is -2.41. The predicted octanol–water partition coefficient (Wildman–Crippen LogP) is 3.44. The Morgan fingerprint density at radius 2 is 1.70 bits per heavy atom. The van der Waals surface area contributed by atoms with Crippen LogP contribution in [0.25, 0.3) is 0 Å². The van der Waals surface area contributed by atoms with E-state index in [9.17, 15) is 0 Å². The van der Waals surface area contributed by atoms with Gasteiger partial charge in [-0.15, -0.1) is 11.3 Å². The van der Waals surface area contributed by atoms with E-state index in [2.05, 4.69) is 41.5 Å². The average Bonchev–Trinajstić information content (AvgIpc) is 3.00. The molecule has 20 heavy (non-hydrogen) atoms. The van der Waals surface area contributed by atoms with Crippen LogP contribution in [0.2, 0.25) is 0 Å². The number of rotatable bonds is 3. The van der Waals surface area contributed by atoms with Gasteiger partial charge in [0.25, 0.3) is 0 Å². The Bertz CT molecular complexity index is 504. The molecule has 2 fully saturated rings. The molecule has 3 nitrogen and oxygen atoms in total. The lowest BCUT2D eigenvalue weighted by molar-refractivity contribution is 0.00578. The number of aromatic nitrogens is 1. The van der Waals surface area contributed by atoms with Crippen molar-refractivity contribution in [3.05, 3.63) is 9.88 Å². The smallest absolute Gasteiger partial charge is 0.398 e. The van der Waals surface area contributed by atoms with Crippen LogP contribution in [0.15, 0.2) is 0 Å². The molecule has 0 unspecified atom stereocenters. The first-order chi connectivity index (χ1) is 9.21. The fraction of sp³-hybridized carbons (Fsp3) is 0.800. The van der Waals surface area contributed by atoms with E-state index < -0.39 is 0 Å². The van der Waals surface area contributed by atoms with Gasteiger partial charge in [-0.25, -0.2) is 4.98 Å². The Hall–Kier alpha value is -0.385. The van der Waals surface area contributed by atoms with Crippen molar-refractivity contribution < 1.29 is 9.31 Å². The first-order valence-corrected chi connectivity index (χ1v) is 8.39. The molecule has 0 radical (unpaired) electrons. The third-order valence-electron chi connectivity index (χ3n) is 4.63. The molecule has 1 aromatic heterocycles. The van der Waals surface area contributed by atoms with Crippen molar-refractivity contribution in [3.8, 4) is 0 Å². The van der Waals surface area contributed by atoms with E-state index in [1.165, 1.54) is 22.7 Å². The zero-order chi connectivity index (χ0) is 14.7. The SMILES string of the molecule is CC(C)c1sc(C2CC2)nc1B1OC(C)(C)C(C)(C)O1. The van der Waals surface area contributed by atoms with Crippen molar-refractivity contribution in [2.24, 2.45) is 0 Å². The predicted molar refractivity (Wildman–Crippen MR) is 83.9 cm³/mol. The summed E-state index contributed by atoms with van der Waals surface area (Å²) in [6, 6.07) is 0. The van der Waals surface area contributed by atoms with Crippen molar-refractivity contribution in [2.75, 3.05) is 0 Å². The Balaban J connectivity index is 1.94. The van der Waals surface area contributed by atoms with Crippen LogP contribution < -0.4 is 5.59 Å². The van der Waals surface area contributed by atoms with Crippen LogP contribution in [-0.4, -0.2) is 23.3 Å². The summed E-state index contributed by atoms with van der Waals surface area (Å²) < 4.78 is 12.4. The molecule has 0 amide bonds. The van der Waals surface area contributed by atoms with Gasteiger partial charge in [-0.05, 0) is 46.5 Å². The molecule has 2 heterocycles. The average molecular weight is 293 g/mol. The van der Waals surface area contributed by atoms with Gasteiger partial charge in [0.15, 0.2) is 0 Å². The highest BCUT2D eigenvalue weighted by Gasteiger charge is 2.53. The summed E-state index contributed by atoms with van der Waals surface area (Å²) >= 11 is 1.85. The topological polar surface area (TPSA) is 31.4 Å². The van der Waals surface area contributed by atoms with Crippen LogP contribution >= 0.6 is 11.3 Å². The van der Waals surface area contributed by atoms with Gasteiger partial charge in [-0.1, -0.05) is 13.8 Å². The summed E-state index contributed by atoms with van der Waals surface area (Å²) in [4.78, 5) is 6.20. The minimum Gasteiger partial charge on any atom is -0.398 e. The first kappa shape index (κ1) is 14.5. The van der Waals surface area contributed by atoms with E-state index in [1.807, 2.05) is 11.3 Å². The van der Waals surface area contributed by atoms with Crippen LogP contribution in [0.1, 0.15) is 76.1 Å². The molecule has 1 aromatic rings. The van der Waals surface area contributed by atoms with Crippen molar-refractivity contribution in [2.45, 2.75) is 77.4 Å². The molecule has 0 aromatic carbocycles. The van der Waals surface area contributed by atoms with Crippen molar-refractivity contribution >= 4 is 24.0 Å². The van der Waals surface area contributed by atoms with E-state index in [0.717, 1.165) is 5.59 Å². The molecule has 2 aliphatic rings. The molecule has 1 saturated carbocycles. The molecule has 0 spiro atoms. The summed E-state index contributed by atoms with van der Waals surface area (Å²) in [5.41, 5.74) is 0.426. The number of nitrogens with zero attached hydrogens (tertiary/aromatic N) is 1. The van der Waals surface area contributed by atoms with Gasteiger partial charge in [0.05, 0.1) is 21.8 Å². The van der Waals surface area contributed by atoms with Gasteiger partial charge in [0.2, 0.25) is 0 Å². The number of thiazole rings is 1. The van der Waals surface area contributed by atoms with E-state index >= 15 is 0 Å². The monoisotopic (exact) mass is 293 g/mol. The molecule has 0 bridgehead atoms. The summed E-state index contributed by atoms with van der Waals surface area (Å²) in [6.45, 7) is 12.8. The molecular weight excluding hydrogens is 269 g/mol. The normalized spacial score (nSPS) is 24.6. The molecule has 1 aliphatic carbocycles. The second-order valence-electron chi connectivity index (χ2n) is 7.32. The van der Waals surface area contributed by atoms with Gasteiger partial charge < -0.3 is 9.31 Å². The molecule has 110 valence electrons. The highest BCUT2D eigenvalue weighted by atomic mass is 32.1. The Morgan fingerprint density at radius 1 is 1.15 bits per heavy atom. The van der Waals surface area contributed by atoms with E-state index in [-0.39, 0.29) is 18.3 Å². The molecule has 1 aliphatic heterocycles. The highest BCUT2D eigenvalue weighted by Crippen LogP contribution is 2.43. The zero-order valence-corrected chi connectivity index (χ0v) is 14.1. The first-order valence-electron chi connectivity index (χ1n) is 7.57. The van der Waals surface area contributed by atoms with Gasteiger partial charge in [0.1, 0.15) is 0 Å². The second kappa shape index (κ2) is 4.55. The van der Waals surface area contributed by atoms with Crippen LogP contribution in [-0.2, 0) is 9.31 Å². The Morgan fingerprint density at radius 3 is 2.15 bits per heavy atom. The lowest BCUT2D eigenvalue weighted by Gasteiger charge is -2.32. The fourth-order valence-electron chi connectivity index (χ4n) is 2.40. The van der Waals surface area contributed by atoms with Crippen molar-refractivity contribution in [1.82, 2.24) is 4.98 Å². The van der Waals surface area contributed by atoms with Crippen LogP contribution in [0.4, 0.5) is 0 Å². The molecular formula is C15H24BNO2S. The van der Waals surface area contributed by atoms with Gasteiger partial charge in [0, 0.05) is 10.8 Å². The van der Waals surface area contributed by atoms with E-state index in [1.54, 1.807) is 0 Å². The van der Waals surface area contributed by atoms with Gasteiger partial charge >= 0.3 is 7.12 Å². The van der Waals surface area contributed by atoms with E-state index in [0.29, 0.717) is 11.8 Å². The molecule has 5 heteroatoms. The van der Waals surface area contributed by atoms with Crippen molar-refractivity contribution in [1.29, 1.82) is 0 Å². The molecule has 0 N–H and O–H groups in total. The number of hydrogen-bond acceptors (Lipinski definition) is 4. The van der Waals surface area contributed by atoms with Gasteiger partial charge in [-0.3, -0.25) is 0 Å². The maximum absolute atomic E-state index is 6.18. The van der Waals surface area contributed by atoms with Crippen LogP contribution in [0.3, 0.4) is 0 Å². The molecule has 3 rings (SSSR count). The van der Waals surface area contributed by atoms with Gasteiger partial charge in [-0.2, -0.15) is 0 Å². The third kappa shape index (κ3) is 2.34. The largest absolute Gasteiger partial charge is 0.515 e. The maximum atomic E-state index is 6.18. The lowest BCUT2D eigenvalue weighted by atomic mass is 9.82.